The van der Waals surface area contributed by atoms with E-state index in [0.29, 0.717) is 22.8 Å². The molecule has 1 aromatic heterocycles. The second-order valence-corrected chi connectivity index (χ2v) is 7.01. The van der Waals surface area contributed by atoms with Crippen LogP contribution in [0.1, 0.15) is 34.0 Å². The summed E-state index contributed by atoms with van der Waals surface area (Å²) in [4.78, 5) is 18.5. The van der Waals surface area contributed by atoms with E-state index in [4.69, 9.17) is 14.5 Å². The first-order valence-corrected chi connectivity index (χ1v) is 8.79. The van der Waals surface area contributed by atoms with E-state index >= 15 is 0 Å². The molecule has 0 saturated carbocycles. The molecule has 0 unspecified atom stereocenters. The monoisotopic (exact) mass is 342 g/mol. The van der Waals surface area contributed by atoms with Gasteiger partial charge < -0.3 is 14.8 Å². The van der Waals surface area contributed by atoms with Crippen LogP contribution < -0.4 is 14.8 Å². The van der Waals surface area contributed by atoms with Gasteiger partial charge in [0.25, 0.3) is 5.91 Å². The van der Waals surface area contributed by atoms with Gasteiger partial charge in [-0.15, -0.1) is 11.3 Å². The summed E-state index contributed by atoms with van der Waals surface area (Å²) in [7, 11) is 3.19. The smallest absolute Gasteiger partial charge is 0.256 e. The van der Waals surface area contributed by atoms with Gasteiger partial charge >= 0.3 is 0 Å². The number of ether oxygens (including phenoxy) is 2. The molecular weight excluding hydrogens is 324 g/mol. The lowest BCUT2D eigenvalue weighted by atomic mass is 10.0. The minimum absolute atomic E-state index is 0.135. The van der Waals surface area contributed by atoms with Crippen LogP contribution in [-0.4, -0.2) is 25.1 Å². The van der Waals surface area contributed by atoms with Crippen molar-refractivity contribution >= 4 is 34.6 Å². The third-order valence-corrected chi connectivity index (χ3v) is 5.53. The fourth-order valence-electron chi connectivity index (χ4n) is 3.24. The van der Waals surface area contributed by atoms with Crippen molar-refractivity contribution in [1.29, 1.82) is 0 Å². The Kier molecular flexibility index (Phi) is 3.76. The van der Waals surface area contributed by atoms with E-state index in [9.17, 15) is 4.79 Å². The number of amides is 1. The number of hydrogen-bond donors (Lipinski definition) is 1. The summed E-state index contributed by atoms with van der Waals surface area (Å²) < 4.78 is 10.7. The van der Waals surface area contributed by atoms with Gasteiger partial charge in [-0.2, -0.15) is 0 Å². The van der Waals surface area contributed by atoms with Gasteiger partial charge in [-0.25, -0.2) is 4.98 Å². The fraction of sp³-hybridized carbons (Fsp3) is 0.333. The zero-order chi connectivity index (χ0) is 16.7. The molecule has 0 radical (unpaired) electrons. The molecule has 2 aliphatic rings. The topological polar surface area (TPSA) is 60.5 Å². The Morgan fingerprint density at radius 2 is 2.04 bits per heavy atom. The number of hydrogen-bond acceptors (Lipinski definition) is 5. The first-order chi connectivity index (χ1) is 11.7. The lowest BCUT2D eigenvalue weighted by Crippen LogP contribution is -2.03. The molecule has 1 aliphatic carbocycles. The molecule has 5 nitrogen and oxygen atoms in total. The number of rotatable bonds is 3. The molecule has 124 valence electrons. The van der Waals surface area contributed by atoms with Gasteiger partial charge in [-0.3, -0.25) is 4.79 Å². The molecule has 0 bridgehead atoms. The van der Waals surface area contributed by atoms with Crippen molar-refractivity contribution < 1.29 is 14.3 Å². The van der Waals surface area contributed by atoms with Crippen LogP contribution in [0.2, 0.25) is 0 Å². The van der Waals surface area contributed by atoms with E-state index in [1.165, 1.54) is 23.4 Å². The number of aryl methyl sites for hydroxylation is 2. The number of thiazole rings is 1. The summed E-state index contributed by atoms with van der Waals surface area (Å²) in [6.45, 7) is 0. The molecule has 0 atom stereocenters. The maximum Gasteiger partial charge on any atom is 0.256 e. The number of anilines is 1. The van der Waals surface area contributed by atoms with E-state index in [0.717, 1.165) is 23.4 Å². The Morgan fingerprint density at radius 1 is 1.21 bits per heavy atom. The largest absolute Gasteiger partial charge is 0.497 e. The number of carbonyl (C=O) groups excluding carboxylic acids is 1. The van der Waals surface area contributed by atoms with Crippen molar-refractivity contribution in [2.75, 3.05) is 19.5 Å². The van der Waals surface area contributed by atoms with E-state index < -0.39 is 0 Å². The van der Waals surface area contributed by atoms with Gasteiger partial charge in [0.2, 0.25) is 0 Å². The third-order valence-electron chi connectivity index (χ3n) is 4.42. The summed E-state index contributed by atoms with van der Waals surface area (Å²) in [5.41, 5.74) is 3.27. The van der Waals surface area contributed by atoms with Crippen molar-refractivity contribution in [1.82, 2.24) is 4.98 Å². The molecule has 1 aromatic carbocycles. The molecule has 2 heterocycles. The number of nitrogens with zero attached hydrogens (tertiary/aromatic N) is 1. The zero-order valence-electron chi connectivity index (χ0n) is 13.6. The minimum atomic E-state index is -0.135. The highest BCUT2D eigenvalue weighted by Crippen LogP contribution is 2.43. The highest BCUT2D eigenvalue weighted by molar-refractivity contribution is 7.12. The van der Waals surface area contributed by atoms with Gasteiger partial charge in [-0.1, -0.05) is 0 Å². The van der Waals surface area contributed by atoms with Crippen LogP contribution in [0, 0.1) is 0 Å². The molecule has 4 rings (SSSR count). The van der Waals surface area contributed by atoms with Crippen LogP contribution in [-0.2, 0) is 17.6 Å². The van der Waals surface area contributed by atoms with E-state index in [-0.39, 0.29) is 5.91 Å². The minimum Gasteiger partial charge on any atom is -0.497 e. The normalized spacial score (nSPS) is 17.4. The Morgan fingerprint density at radius 3 is 2.79 bits per heavy atom. The Labute approximate surface area is 144 Å². The summed E-state index contributed by atoms with van der Waals surface area (Å²) in [5.74, 6) is 1.14. The summed E-state index contributed by atoms with van der Waals surface area (Å²) in [6.07, 6.45) is 6.43. The van der Waals surface area contributed by atoms with E-state index in [1.807, 2.05) is 12.1 Å². The highest BCUT2D eigenvalue weighted by Gasteiger charge is 2.29. The third kappa shape index (κ3) is 2.47. The lowest BCUT2D eigenvalue weighted by molar-refractivity contribution is -0.110. The SMILES string of the molecule is COc1cc2c(c(OC)c1)C(=Cc1nc3c(s1)CCCC3)C(=O)N2. The van der Waals surface area contributed by atoms with Crippen molar-refractivity contribution in [3.05, 3.63) is 33.3 Å². The Bertz CT molecular complexity index is 831. The maximum absolute atomic E-state index is 12.4. The van der Waals surface area contributed by atoms with Crippen LogP contribution in [0.4, 0.5) is 5.69 Å². The molecule has 1 N–H and O–H groups in total. The Balaban J connectivity index is 1.80. The highest BCUT2D eigenvalue weighted by atomic mass is 32.1. The van der Waals surface area contributed by atoms with E-state index in [1.54, 1.807) is 31.6 Å². The van der Waals surface area contributed by atoms with Crippen molar-refractivity contribution in [3.8, 4) is 11.5 Å². The van der Waals surface area contributed by atoms with E-state index in [2.05, 4.69) is 5.32 Å². The molecule has 0 fully saturated rings. The van der Waals surface area contributed by atoms with Gasteiger partial charge in [-0.05, 0) is 31.8 Å². The van der Waals surface area contributed by atoms with Crippen LogP contribution in [0.5, 0.6) is 11.5 Å². The van der Waals surface area contributed by atoms with Gasteiger partial charge in [0, 0.05) is 17.0 Å². The lowest BCUT2D eigenvalue weighted by Gasteiger charge is -2.09. The number of aromatic nitrogens is 1. The van der Waals surface area contributed by atoms with Crippen LogP contribution in [0.15, 0.2) is 12.1 Å². The number of carbonyl (C=O) groups is 1. The van der Waals surface area contributed by atoms with Crippen molar-refractivity contribution in [2.24, 2.45) is 0 Å². The van der Waals surface area contributed by atoms with Crippen molar-refractivity contribution in [3.63, 3.8) is 0 Å². The fourth-order valence-corrected chi connectivity index (χ4v) is 4.34. The molecule has 24 heavy (non-hydrogen) atoms. The first-order valence-electron chi connectivity index (χ1n) is 7.97. The van der Waals surface area contributed by atoms with Crippen LogP contribution >= 0.6 is 11.3 Å². The molecule has 0 spiro atoms. The first kappa shape index (κ1) is 15.2. The van der Waals surface area contributed by atoms with Gasteiger partial charge in [0.15, 0.2) is 0 Å². The molecule has 0 saturated heterocycles. The Hall–Kier alpha value is -2.34. The zero-order valence-corrected chi connectivity index (χ0v) is 14.5. The second kappa shape index (κ2) is 5.94. The number of benzene rings is 1. The summed E-state index contributed by atoms with van der Waals surface area (Å²) in [6, 6.07) is 3.60. The number of nitrogens with one attached hydrogen (secondary N) is 1. The molecule has 2 aromatic rings. The molecular formula is C18H18N2O3S. The average molecular weight is 342 g/mol. The number of fused-ring (bicyclic) bond motifs is 2. The van der Waals surface area contributed by atoms with Gasteiger partial charge in [0.1, 0.15) is 16.5 Å². The number of methoxy groups -OCH3 is 2. The molecule has 6 heteroatoms. The predicted octanol–water partition coefficient (Wildman–Crippen LogP) is 3.53. The summed E-state index contributed by atoms with van der Waals surface area (Å²) >= 11 is 1.69. The quantitative estimate of drug-likeness (QED) is 0.867. The molecule has 1 aliphatic heterocycles. The standard InChI is InChI=1S/C18H18N2O3S/c1-22-10-7-13-17(14(8-10)23-2)11(18(21)20-13)9-16-19-12-5-3-4-6-15(12)24-16/h7-9H,3-6H2,1-2H3,(H,20,21). The maximum atomic E-state index is 12.4. The molecule has 1 amide bonds. The van der Waals surface area contributed by atoms with Crippen molar-refractivity contribution in [2.45, 2.75) is 25.7 Å². The summed E-state index contributed by atoms with van der Waals surface area (Å²) in [5, 5.41) is 3.78. The van der Waals surface area contributed by atoms with Gasteiger partial charge in [0.05, 0.1) is 36.7 Å². The average Bonchev–Trinajstić information content (AvgIpc) is 3.14. The van der Waals surface area contributed by atoms with Crippen LogP contribution in [0.25, 0.3) is 11.6 Å². The van der Waals surface area contributed by atoms with Crippen LogP contribution in [0.3, 0.4) is 0 Å². The second-order valence-electron chi connectivity index (χ2n) is 5.89. The predicted molar refractivity (Wildman–Crippen MR) is 94.8 cm³/mol.